The number of rotatable bonds is 2. The maximum Gasteiger partial charge on any atom is 0.103 e. The third-order valence-electron chi connectivity index (χ3n) is 2.73. The molecule has 0 N–H and O–H groups in total. The highest BCUT2D eigenvalue weighted by Gasteiger charge is 2.26. The van der Waals surface area contributed by atoms with E-state index < -0.39 is 6.17 Å². The van der Waals surface area contributed by atoms with Crippen LogP contribution in [0.5, 0.6) is 0 Å². The Bertz CT molecular complexity index is 126. The van der Waals surface area contributed by atoms with Crippen molar-refractivity contribution in [1.82, 2.24) is 4.90 Å². The number of likely N-dealkylation sites (tertiary alicyclic amines) is 1. The molecule has 1 nitrogen and oxygen atoms in total. The summed E-state index contributed by atoms with van der Waals surface area (Å²) >= 11 is 0. The predicted molar refractivity (Wildman–Crippen MR) is 43.3 cm³/mol. The molecule has 1 saturated carbocycles. The number of alkyl halides is 1. The molecule has 0 spiro atoms. The van der Waals surface area contributed by atoms with Crippen LogP contribution in [0.15, 0.2) is 0 Å². The fourth-order valence-corrected chi connectivity index (χ4v) is 1.75. The smallest absolute Gasteiger partial charge is 0.103 e. The van der Waals surface area contributed by atoms with E-state index in [1.165, 1.54) is 19.4 Å². The molecule has 1 saturated heterocycles. The van der Waals surface area contributed by atoms with Gasteiger partial charge in [-0.25, -0.2) is 4.39 Å². The molecule has 0 bridgehead atoms. The highest BCUT2D eigenvalue weighted by Crippen LogP contribution is 2.30. The number of piperidine rings is 1. The SMILES string of the molecule is FC1CCN(CC2CC2)CC1. The minimum Gasteiger partial charge on any atom is -0.303 e. The van der Waals surface area contributed by atoms with E-state index in [2.05, 4.69) is 4.90 Å². The highest BCUT2D eigenvalue weighted by molar-refractivity contribution is 4.80. The van der Waals surface area contributed by atoms with Crippen molar-refractivity contribution >= 4 is 0 Å². The van der Waals surface area contributed by atoms with E-state index in [-0.39, 0.29) is 0 Å². The van der Waals surface area contributed by atoms with E-state index in [1.54, 1.807) is 0 Å². The third-order valence-corrected chi connectivity index (χ3v) is 2.73. The second kappa shape index (κ2) is 3.10. The Balaban J connectivity index is 1.69. The van der Waals surface area contributed by atoms with Crippen molar-refractivity contribution in [1.29, 1.82) is 0 Å². The maximum absolute atomic E-state index is 12.7. The van der Waals surface area contributed by atoms with Crippen LogP contribution < -0.4 is 0 Å². The second-order valence-electron chi connectivity index (χ2n) is 3.92. The average molecular weight is 157 g/mol. The standard InChI is InChI=1S/C9H16FN/c10-9-3-5-11(6-4-9)7-8-1-2-8/h8-9H,1-7H2. The molecule has 1 aliphatic carbocycles. The summed E-state index contributed by atoms with van der Waals surface area (Å²) in [5.41, 5.74) is 0. The molecule has 11 heavy (non-hydrogen) atoms. The zero-order valence-corrected chi connectivity index (χ0v) is 6.93. The van der Waals surface area contributed by atoms with Gasteiger partial charge in [-0.2, -0.15) is 0 Å². The summed E-state index contributed by atoms with van der Waals surface area (Å²) < 4.78 is 12.7. The van der Waals surface area contributed by atoms with Gasteiger partial charge in [-0.05, 0) is 31.6 Å². The van der Waals surface area contributed by atoms with E-state index in [1.807, 2.05) is 0 Å². The van der Waals surface area contributed by atoms with Gasteiger partial charge in [-0.3, -0.25) is 0 Å². The molecule has 0 radical (unpaired) electrons. The van der Waals surface area contributed by atoms with Crippen LogP contribution in [-0.4, -0.2) is 30.7 Å². The molecule has 2 heteroatoms. The van der Waals surface area contributed by atoms with E-state index in [9.17, 15) is 4.39 Å². The van der Waals surface area contributed by atoms with Gasteiger partial charge in [0, 0.05) is 19.6 Å². The Morgan fingerprint density at radius 2 is 1.73 bits per heavy atom. The largest absolute Gasteiger partial charge is 0.303 e. The fourth-order valence-electron chi connectivity index (χ4n) is 1.75. The first-order valence-electron chi connectivity index (χ1n) is 4.71. The Labute approximate surface area is 67.6 Å². The van der Waals surface area contributed by atoms with E-state index in [4.69, 9.17) is 0 Å². The van der Waals surface area contributed by atoms with Gasteiger partial charge in [0.05, 0.1) is 0 Å². The summed E-state index contributed by atoms with van der Waals surface area (Å²) in [4.78, 5) is 2.42. The van der Waals surface area contributed by atoms with Gasteiger partial charge in [0.15, 0.2) is 0 Å². The molecule has 0 aromatic carbocycles. The average Bonchev–Trinajstić information content (AvgIpc) is 2.78. The maximum atomic E-state index is 12.7. The van der Waals surface area contributed by atoms with E-state index in [0.29, 0.717) is 0 Å². The molecule has 1 heterocycles. The second-order valence-corrected chi connectivity index (χ2v) is 3.92. The van der Waals surface area contributed by atoms with Crippen molar-refractivity contribution in [3.63, 3.8) is 0 Å². The van der Waals surface area contributed by atoms with Crippen molar-refractivity contribution in [3.8, 4) is 0 Å². The molecule has 0 unspecified atom stereocenters. The minimum absolute atomic E-state index is 0.509. The Hall–Kier alpha value is -0.110. The molecular formula is C9H16FN. The molecule has 0 aromatic rings. The zero-order valence-electron chi connectivity index (χ0n) is 6.93. The summed E-state index contributed by atoms with van der Waals surface area (Å²) in [6.07, 6.45) is 3.86. The lowest BCUT2D eigenvalue weighted by atomic mass is 10.1. The first-order valence-corrected chi connectivity index (χ1v) is 4.71. The first kappa shape index (κ1) is 7.53. The molecule has 0 atom stereocenters. The van der Waals surface area contributed by atoms with Gasteiger partial charge in [-0.1, -0.05) is 0 Å². The summed E-state index contributed by atoms with van der Waals surface area (Å²) in [5.74, 6) is 0.964. The number of hydrogen-bond donors (Lipinski definition) is 0. The van der Waals surface area contributed by atoms with Crippen LogP contribution >= 0.6 is 0 Å². The topological polar surface area (TPSA) is 3.24 Å². The van der Waals surface area contributed by atoms with Crippen LogP contribution in [0.2, 0.25) is 0 Å². The number of hydrogen-bond acceptors (Lipinski definition) is 1. The quantitative estimate of drug-likeness (QED) is 0.591. The van der Waals surface area contributed by atoms with E-state index in [0.717, 1.165) is 31.8 Å². The lowest BCUT2D eigenvalue weighted by Gasteiger charge is -2.28. The normalized spacial score (nSPS) is 29.2. The molecule has 64 valence electrons. The van der Waals surface area contributed by atoms with E-state index >= 15 is 0 Å². The number of halogens is 1. The molecule has 0 aromatic heterocycles. The van der Waals surface area contributed by atoms with Crippen LogP contribution in [0.4, 0.5) is 4.39 Å². The van der Waals surface area contributed by atoms with Crippen molar-refractivity contribution in [3.05, 3.63) is 0 Å². The van der Waals surface area contributed by atoms with Gasteiger partial charge in [0.25, 0.3) is 0 Å². The number of nitrogens with zero attached hydrogens (tertiary/aromatic N) is 1. The molecule has 1 aliphatic heterocycles. The van der Waals surface area contributed by atoms with Gasteiger partial charge < -0.3 is 4.90 Å². The molecule has 2 rings (SSSR count). The Kier molecular flexibility index (Phi) is 2.12. The van der Waals surface area contributed by atoms with Crippen LogP contribution in [0.1, 0.15) is 25.7 Å². The Morgan fingerprint density at radius 1 is 1.09 bits per heavy atom. The minimum atomic E-state index is -0.509. The monoisotopic (exact) mass is 157 g/mol. The molecule has 2 fully saturated rings. The van der Waals surface area contributed by atoms with Crippen molar-refractivity contribution < 1.29 is 4.39 Å². The van der Waals surface area contributed by atoms with Crippen LogP contribution in [0.3, 0.4) is 0 Å². The molecule has 0 amide bonds. The summed E-state index contributed by atoms with van der Waals surface area (Å²) in [6, 6.07) is 0. The first-order chi connectivity index (χ1) is 5.34. The summed E-state index contributed by atoms with van der Waals surface area (Å²) in [6.45, 7) is 3.24. The lowest BCUT2D eigenvalue weighted by Crippen LogP contribution is -2.35. The van der Waals surface area contributed by atoms with Gasteiger partial charge >= 0.3 is 0 Å². The van der Waals surface area contributed by atoms with Crippen molar-refractivity contribution in [2.45, 2.75) is 31.9 Å². The third kappa shape index (κ3) is 2.16. The molecule has 2 aliphatic rings. The fraction of sp³-hybridized carbons (Fsp3) is 1.00. The lowest BCUT2D eigenvalue weighted by molar-refractivity contribution is 0.146. The zero-order chi connectivity index (χ0) is 7.68. The van der Waals surface area contributed by atoms with Crippen LogP contribution in [0.25, 0.3) is 0 Å². The van der Waals surface area contributed by atoms with Gasteiger partial charge in [0.2, 0.25) is 0 Å². The summed E-state index contributed by atoms with van der Waals surface area (Å²) in [7, 11) is 0. The summed E-state index contributed by atoms with van der Waals surface area (Å²) in [5, 5.41) is 0. The Morgan fingerprint density at radius 3 is 2.27 bits per heavy atom. The van der Waals surface area contributed by atoms with Gasteiger partial charge in [-0.15, -0.1) is 0 Å². The van der Waals surface area contributed by atoms with Crippen molar-refractivity contribution in [2.75, 3.05) is 19.6 Å². The molecular weight excluding hydrogens is 141 g/mol. The highest BCUT2D eigenvalue weighted by atomic mass is 19.1. The van der Waals surface area contributed by atoms with Gasteiger partial charge in [0.1, 0.15) is 6.17 Å². The van der Waals surface area contributed by atoms with Crippen molar-refractivity contribution in [2.24, 2.45) is 5.92 Å². The predicted octanol–water partition coefficient (Wildman–Crippen LogP) is 1.83. The van der Waals surface area contributed by atoms with Crippen LogP contribution in [-0.2, 0) is 0 Å². The van der Waals surface area contributed by atoms with Crippen LogP contribution in [0, 0.1) is 5.92 Å².